The monoisotopic (exact) mass is 452 g/mol. The van der Waals surface area contributed by atoms with Gasteiger partial charge in [0.05, 0.1) is 16.3 Å². The lowest BCUT2D eigenvalue weighted by Gasteiger charge is -2.23. The zero-order chi connectivity index (χ0) is 21.7. The second-order valence-electron chi connectivity index (χ2n) is 6.61. The standard InChI is InChI=1S/C22H17Cl2F3N2O/c23-15-6-7-19(18(24)13-15)29-21(16-3-1-2-4-17(16)22(25,26)27)20(30)8-5-14-9-11-28-12-10-14/h1-4,6-7,9-13,21,29H,5,8H2. The minimum absolute atomic E-state index is 0.0408. The summed E-state index contributed by atoms with van der Waals surface area (Å²) in [6.07, 6.45) is -0.989. The first kappa shape index (κ1) is 22.1. The molecule has 0 amide bonds. The number of hydrogen-bond acceptors (Lipinski definition) is 3. The zero-order valence-electron chi connectivity index (χ0n) is 15.6. The first-order valence-electron chi connectivity index (χ1n) is 9.05. The third-order valence-corrected chi connectivity index (χ3v) is 5.09. The number of benzene rings is 2. The molecule has 0 spiro atoms. The molecule has 3 aromatic rings. The Morgan fingerprint density at radius 3 is 2.40 bits per heavy atom. The van der Waals surface area contributed by atoms with Gasteiger partial charge in [0, 0.05) is 23.8 Å². The van der Waals surface area contributed by atoms with Gasteiger partial charge in [-0.05, 0) is 53.9 Å². The van der Waals surface area contributed by atoms with Crippen molar-refractivity contribution in [1.29, 1.82) is 0 Å². The number of nitrogens with one attached hydrogen (secondary N) is 1. The zero-order valence-corrected chi connectivity index (χ0v) is 17.1. The third-order valence-electron chi connectivity index (χ3n) is 4.54. The maximum absolute atomic E-state index is 13.6. The summed E-state index contributed by atoms with van der Waals surface area (Å²) in [6.45, 7) is 0. The summed E-state index contributed by atoms with van der Waals surface area (Å²) in [5.74, 6) is -0.394. The van der Waals surface area contributed by atoms with Gasteiger partial charge in [0.15, 0.2) is 5.78 Å². The second-order valence-corrected chi connectivity index (χ2v) is 7.45. The molecule has 2 aromatic carbocycles. The Morgan fingerprint density at radius 2 is 1.73 bits per heavy atom. The van der Waals surface area contributed by atoms with Gasteiger partial charge in [-0.2, -0.15) is 13.2 Å². The van der Waals surface area contributed by atoms with Crippen LogP contribution in [0.2, 0.25) is 10.0 Å². The molecule has 0 saturated carbocycles. The van der Waals surface area contributed by atoms with Crippen LogP contribution in [0.3, 0.4) is 0 Å². The van der Waals surface area contributed by atoms with Crippen molar-refractivity contribution in [2.75, 3.05) is 5.32 Å². The molecule has 0 aliphatic rings. The molecule has 0 bridgehead atoms. The molecule has 1 N–H and O–H groups in total. The van der Waals surface area contributed by atoms with Gasteiger partial charge in [-0.25, -0.2) is 0 Å². The average Bonchev–Trinajstić information content (AvgIpc) is 2.72. The molecule has 3 nitrogen and oxygen atoms in total. The number of pyridine rings is 1. The van der Waals surface area contributed by atoms with Crippen LogP contribution >= 0.6 is 23.2 Å². The molecule has 0 fully saturated rings. The summed E-state index contributed by atoms with van der Waals surface area (Å²) < 4.78 is 40.8. The fourth-order valence-corrected chi connectivity index (χ4v) is 3.52. The van der Waals surface area contributed by atoms with E-state index < -0.39 is 23.6 Å². The predicted octanol–water partition coefficient (Wildman–Crippen LogP) is 6.76. The summed E-state index contributed by atoms with van der Waals surface area (Å²) in [7, 11) is 0. The summed E-state index contributed by atoms with van der Waals surface area (Å²) in [4.78, 5) is 17.0. The molecule has 1 atom stereocenters. The van der Waals surface area contributed by atoms with Gasteiger partial charge < -0.3 is 5.32 Å². The van der Waals surface area contributed by atoms with E-state index in [9.17, 15) is 18.0 Å². The smallest absolute Gasteiger partial charge is 0.370 e. The normalized spacial score (nSPS) is 12.4. The Labute approximate surface area is 181 Å². The van der Waals surface area contributed by atoms with Crippen LogP contribution < -0.4 is 5.32 Å². The van der Waals surface area contributed by atoms with Crippen molar-refractivity contribution in [3.8, 4) is 0 Å². The first-order chi connectivity index (χ1) is 14.3. The summed E-state index contributed by atoms with van der Waals surface area (Å²) in [5.41, 5.74) is 0.159. The van der Waals surface area contributed by atoms with Gasteiger partial charge in [0.2, 0.25) is 0 Å². The van der Waals surface area contributed by atoms with Crippen LogP contribution in [0.1, 0.15) is 29.2 Å². The Kier molecular flexibility index (Phi) is 7.00. The number of anilines is 1. The molecular weight excluding hydrogens is 436 g/mol. The number of rotatable bonds is 7. The molecule has 1 unspecified atom stereocenters. The SMILES string of the molecule is O=C(CCc1ccncc1)C(Nc1ccc(Cl)cc1Cl)c1ccccc1C(F)(F)F. The summed E-state index contributed by atoms with van der Waals surface area (Å²) in [5, 5.41) is 3.47. The van der Waals surface area contributed by atoms with Crippen molar-refractivity contribution < 1.29 is 18.0 Å². The van der Waals surface area contributed by atoms with E-state index in [4.69, 9.17) is 23.2 Å². The number of carbonyl (C=O) groups is 1. The first-order valence-corrected chi connectivity index (χ1v) is 9.80. The van der Waals surface area contributed by atoms with Crippen LogP contribution in [0.4, 0.5) is 18.9 Å². The van der Waals surface area contributed by atoms with E-state index in [2.05, 4.69) is 10.3 Å². The van der Waals surface area contributed by atoms with Crippen LogP contribution in [-0.2, 0) is 17.4 Å². The average molecular weight is 453 g/mol. The topological polar surface area (TPSA) is 42.0 Å². The number of hydrogen-bond donors (Lipinski definition) is 1. The Hall–Kier alpha value is -2.57. The van der Waals surface area contributed by atoms with Crippen LogP contribution in [0.15, 0.2) is 67.0 Å². The minimum atomic E-state index is -4.61. The van der Waals surface area contributed by atoms with Gasteiger partial charge in [0.25, 0.3) is 0 Å². The molecule has 30 heavy (non-hydrogen) atoms. The molecule has 0 radical (unpaired) electrons. The van der Waals surface area contributed by atoms with Crippen LogP contribution in [0.5, 0.6) is 0 Å². The van der Waals surface area contributed by atoms with Crippen molar-refractivity contribution in [2.24, 2.45) is 0 Å². The fourth-order valence-electron chi connectivity index (χ4n) is 3.06. The van der Waals surface area contributed by atoms with Gasteiger partial charge >= 0.3 is 6.18 Å². The molecular formula is C22H17Cl2F3N2O. The van der Waals surface area contributed by atoms with Crippen molar-refractivity contribution in [1.82, 2.24) is 4.98 Å². The molecule has 156 valence electrons. The number of ketones is 1. The van der Waals surface area contributed by atoms with Gasteiger partial charge in [-0.1, -0.05) is 41.4 Å². The highest BCUT2D eigenvalue weighted by Gasteiger charge is 2.36. The number of halogens is 5. The molecule has 3 rings (SSSR count). The van der Waals surface area contributed by atoms with E-state index in [1.807, 2.05) is 0 Å². The number of alkyl halides is 3. The van der Waals surface area contributed by atoms with Gasteiger partial charge in [-0.3, -0.25) is 9.78 Å². The van der Waals surface area contributed by atoms with Crippen LogP contribution in [-0.4, -0.2) is 10.8 Å². The number of nitrogens with zero attached hydrogens (tertiary/aromatic N) is 1. The maximum atomic E-state index is 13.6. The largest absolute Gasteiger partial charge is 0.416 e. The van der Waals surface area contributed by atoms with Crippen molar-refractivity contribution >= 4 is 34.7 Å². The lowest BCUT2D eigenvalue weighted by molar-refractivity contribution is -0.138. The number of aromatic nitrogens is 1. The van der Waals surface area contributed by atoms with Crippen LogP contribution in [0.25, 0.3) is 0 Å². The number of aryl methyl sites for hydroxylation is 1. The van der Waals surface area contributed by atoms with Crippen LogP contribution in [0, 0.1) is 0 Å². The maximum Gasteiger partial charge on any atom is 0.416 e. The number of carbonyl (C=O) groups excluding carboxylic acids is 1. The lowest BCUT2D eigenvalue weighted by atomic mass is 9.93. The molecule has 1 aromatic heterocycles. The minimum Gasteiger partial charge on any atom is -0.370 e. The highest BCUT2D eigenvalue weighted by atomic mass is 35.5. The van der Waals surface area contributed by atoms with E-state index in [-0.39, 0.29) is 17.0 Å². The molecule has 0 aliphatic carbocycles. The van der Waals surface area contributed by atoms with Gasteiger partial charge in [-0.15, -0.1) is 0 Å². The predicted molar refractivity (Wildman–Crippen MR) is 112 cm³/mol. The highest BCUT2D eigenvalue weighted by Crippen LogP contribution is 2.37. The second kappa shape index (κ2) is 9.49. The summed E-state index contributed by atoms with van der Waals surface area (Å²) in [6, 6.07) is 11.8. The quantitative estimate of drug-likeness (QED) is 0.430. The van der Waals surface area contributed by atoms with E-state index >= 15 is 0 Å². The lowest BCUT2D eigenvalue weighted by Crippen LogP contribution is -2.25. The molecule has 0 saturated heterocycles. The number of Topliss-reactive ketones (excluding diaryl/α,β-unsaturated/α-hetero) is 1. The molecule has 0 aliphatic heterocycles. The van der Waals surface area contributed by atoms with Crippen molar-refractivity contribution in [3.05, 3.63) is 93.7 Å². The van der Waals surface area contributed by atoms with E-state index in [1.165, 1.54) is 30.3 Å². The fraction of sp³-hybridized carbons (Fsp3) is 0.182. The van der Waals surface area contributed by atoms with Gasteiger partial charge in [0.1, 0.15) is 6.04 Å². The van der Waals surface area contributed by atoms with E-state index in [0.717, 1.165) is 11.6 Å². The molecule has 8 heteroatoms. The Bertz CT molecular complexity index is 1030. The summed E-state index contributed by atoms with van der Waals surface area (Å²) >= 11 is 12.1. The van der Waals surface area contributed by atoms with E-state index in [1.54, 1.807) is 30.6 Å². The Balaban J connectivity index is 1.95. The Morgan fingerprint density at radius 1 is 1.03 bits per heavy atom. The van der Waals surface area contributed by atoms with Crippen molar-refractivity contribution in [3.63, 3.8) is 0 Å². The molecule has 1 heterocycles. The highest BCUT2D eigenvalue weighted by molar-refractivity contribution is 6.36. The van der Waals surface area contributed by atoms with Crippen molar-refractivity contribution in [2.45, 2.75) is 25.1 Å². The third kappa shape index (κ3) is 5.52. The van der Waals surface area contributed by atoms with E-state index in [0.29, 0.717) is 17.1 Å².